The molecule has 0 unspecified atom stereocenters. The van der Waals surface area contributed by atoms with E-state index in [1.807, 2.05) is 19.4 Å². The van der Waals surface area contributed by atoms with Crippen molar-refractivity contribution in [3.8, 4) is 0 Å². The molecule has 0 aliphatic carbocycles. The first-order chi connectivity index (χ1) is 11.6. The number of aryl methyl sites for hydroxylation is 1. The number of imidazole rings is 1. The molecule has 4 rings (SSSR count). The van der Waals surface area contributed by atoms with Crippen LogP contribution in [0, 0.1) is 11.2 Å². The second kappa shape index (κ2) is 6.12. The topological polar surface area (TPSA) is 50.1 Å². The van der Waals surface area contributed by atoms with Crippen molar-refractivity contribution < 1.29 is 4.39 Å². The molecule has 2 aliphatic rings. The largest absolute Gasteiger partial charge is 0.340 e. The molecule has 0 amide bonds. The standard InChI is InChI=1S/C17H23FN6/c1-22-8-5-19-15(22)11-23-7-4-17(12-23)3-2-6-24(13-17)16-20-9-14(18)10-21-16/h5,8-10H,2-4,6-7,11-13H2,1H3/t17-/m0/s1. The third-order valence-corrected chi connectivity index (χ3v) is 5.35. The molecule has 0 bridgehead atoms. The summed E-state index contributed by atoms with van der Waals surface area (Å²) in [6.07, 6.45) is 9.93. The fourth-order valence-corrected chi connectivity index (χ4v) is 4.09. The Balaban J connectivity index is 1.44. The average molecular weight is 330 g/mol. The highest BCUT2D eigenvalue weighted by atomic mass is 19.1. The Bertz CT molecular complexity index is 699. The maximum Gasteiger partial charge on any atom is 0.225 e. The Morgan fingerprint density at radius 3 is 2.71 bits per heavy atom. The van der Waals surface area contributed by atoms with Crippen molar-refractivity contribution in [1.29, 1.82) is 0 Å². The predicted molar refractivity (Wildman–Crippen MR) is 89.0 cm³/mol. The normalized spacial score (nSPS) is 24.8. The molecule has 2 saturated heterocycles. The van der Waals surface area contributed by atoms with E-state index >= 15 is 0 Å². The molecule has 2 aromatic heterocycles. The van der Waals surface area contributed by atoms with Crippen molar-refractivity contribution in [2.24, 2.45) is 12.5 Å². The van der Waals surface area contributed by atoms with Gasteiger partial charge in [-0.2, -0.15) is 0 Å². The summed E-state index contributed by atoms with van der Waals surface area (Å²) in [5.74, 6) is 1.38. The minimum absolute atomic E-state index is 0.293. The highest BCUT2D eigenvalue weighted by molar-refractivity contribution is 5.30. The van der Waals surface area contributed by atoms with Crippen molar-refractivity contribution in [2.75, 3.05) is 31.1 Å². The van der Waals surface area contributed by atoms with E-state index in [9.17, 15) is 4.39 Å². The molecule has 0 radical (unpaired) electrons. The Kier molecular flexibility index (Phi) is 3.96. The quantitative estimate of drug-likeness (QED) is 0.859. The van der Waals surface area contributed by atoms with Gasteiger partial charge in [0.1, 0.15) is 5.82 Å². The van der Waals surface area contributed by atoms with Gasteiger partial charge in [-0.3, -0.25) is 4.90 Å². The van der Waals surface area contributed by atoms with Gasteiger partial charge in [0.15, 0.2) is 5.82 Å². The van der Waals surface area contributed by atoms with Gasteiger partial charge in [-0.15, -0.1) is 0 Å². The van der Waals surface area contributed by atoms with E-state index in [-0.39, 0.29) is 5.82 Å². The van der Waals surface area contributed by atoms with Crippen molar-refractivity contribution in [3.05, 3.63) is 36.4 Å². The summed E-state index contributed by atoms with van der Waals surface area (Å²) in [4.78, 5) is 17.5. The summed E-state index contributed by atoms with van der Waals surface area (Å²) < 4.78 is 15.1. The van der Waals surface area contributed by atoms with Crippen LogP contribution in [0.3, 0.4) is 0 Å². The average Bonchev–Trinajstić information content (AvgIpc) is 3.16. The van der Waals surface area contributed by atoms with E-state index in [4.69, 9.17) is 0 Å². The molecular formula is C17H23FN6. The number of anilines is 1. The Hall–Kier alpha value is -2.02. The fraction of sp³-hybridized carbons (Fsp3) is 0.588. The van der Waals surface area contributed by atoms with Crippen LogP contribution in [0.4, 0.5) is 10.3 Å². The van der Waals surface area contributed by atoms with E-state index in [0.29, 0.717) is 11.4 Å². The summed E-state index contributed by atoms with van der Waals surface area (Å²) in [6.45, 7) is 4.99. The first-order valence-electron chi connectivity index (χ1n) is 8.55. The lowest BCUT2D eigenvalue weighted by molar-refractivity contribution is 0.212. The van der Waals surface area contributed by atoms with Gasteiger partial charge in [0.2, 0.25) is 5.95 Å². The molecule has 0 aromatic carbocycles. The van der Waals surface area contributed by atoms with Crippen LogP contribution < -0.4 is 4.90 Å². The van der Waals surface area contributed by atoms with Crippen LogP contribution in [-0.2, 0) is 13.6 Å². The van der Waals surface area contributed by atoms with E-state index in [2.05, 4.69) is 29.3 Å². The summed E-state index contributed by atoms with van der Waals surface area (Å²) in [7, 11) is 2.04. The Morgan fingerprint density at radius 2 is 1.96 bits per heavy atom. The minimum Gasteiger partial charge on any atom is -0.340 e. The monoisotopic (exact) mass is 330 g/mol. The van der Waals surface area contributed by atoms with Crippen LogP contribution in [0.5, 0.6) is 0 Å². The van der Waals surface area contributed by atoms with Crippen molar-refractivity contribution in [3.63, 3.8) is 0 Å². The second-order valence-electron chi connectivity index (χ2n) is 7.14. The fourth-order valence-electron chi connectivity index (χ4n) is 4.09. The molecule has 0 saturated carbocycles. The molecule has 7 heteroatoms. The summed E-state index contributed by atoms with van der Waals surface area (Å²) in [5.41, 5.74) is 0.293. The zero-order valence-corrected chi connectivity index (χ0v) is 14.0. The summed E-state index contributed by atoms with van der Waals surface area (Å²) in [6, 6.07) is 0. The maximum absolute atomic E-state index is 13.1. The molecule has 1 spiro atoms. The van der Waals surface area contributed by atoms with Gasteiger partial charge < -0.3 is 9.47 Å². The molecule has 24 heavy (non-hydrogen) atoms. The Morgan fingerprint density at radius 1 is 1.12 bits per heavy atom. The SMILES string of the molecule is Cn1ccnc1CN1CC[C@@]2(CCCN(c3ncc(F)cn3)C2)C1. The van der Waals surface area contributed by atoms with Gasteiger partial charge >= 0.3 is 0 Å². The number of rotatable bonds is 3. The molecule has 128 valence electrons. The van der Waals surface area contributed by atoms with Gasteiger partial charge in [0, 0.05) is 44.5 Å². The predicted octanol–water partition coefficient (Wildman–Crippen LogP) is 1.84. The van der Waals surface area contributed by atoms with E-state index in [1.165, 1.54) is 25.2 Å². The zero-order chi connectivity index (χ0) is 16.6. The minimum atomic E-state index is -0.382. The van der Waals surface area contributed by atoms with Crippen LogP contribution in [0.25, 0.3) is 0 Å². The number of nitrogens with zero attached hydrogens (tertiary/aromatic N) is 6. The summed E-state index contributed by atoms with van der Waals surface area (Å²) in [5, 5.41) is 0. The maximum atomic E-state index is 13.1. The highest BCUT2D eigenvalue weighted by Gasteiger charge is 2.42. The highest BCUT2D eigenvalue weighted by Crippen LogP contribution is 2.40. The lowest BCUT2D eigenvalue weighted by atomic mass is 9.79. The van der Waals surface area contributed by atoms with E-state index in [1.54, 1.807) is 0 Å². The molecule has 6 nitrogen and oxygen atoms in total. The third kappa shape index (κ3) is 3.00. The lowest BCUT2D eigenvalue weighted by Crippen LogP contribution is -2.45. The van der Waals surface area contributed by atoms with Crippen molar-refractivity contribution >= 4 is 5.95 Å². The van der Waals surface area contributed by atoms with Crippen LogP contribution in [0.1, 0.15) is 25.1 Å². The molecule has 1 atom stereocenters. The molecule has 2 aliphatic heterocycles. The van der Waals surface area contributed by atoms with Crippen LogP contribution in [0.15, 0.2) is 24.8 Å². The third-order valence-electron chi connectivity index (χ3n) is 5.35. The first-order valence-corrected chi connectivity index (χ1v) is 8.55. The molecule has 2 aromatic rings. The van der Waals surface area contributed by atoms with E-state index < -0.39 is 0 Å². The number of halogens is 1. The van der Waals surface area contributed by atoms with Gasteiger partial charge in [-0.25, -0.2) is 19.3 Å². The smallest absolute Gasteiger partial charge is 0.225 e. The van der Waals surface area contributed by atoms with Crippen molar-refractivity contribution in [1.82, 2.24) is 24.4 Å². The van der Waals surface area contributed by atoms with Gasteiger partial charge in [0.05, 0.1) is 18.9 Å². The van der Waals surface area contributed by atoms with Crippen LogP contribution in [0.2, 0.25) is 0 Å². The number of hydrogen-bond donors (Lipinski definition) is 0. The lowest BCUT2D eigenvalue weighted by Gasteiger charge is -2.40. The number of piperidine rings is 1. The van der Waals surface area contributed by atoms with Crippen molar-refractivity contribution in [2.45, 2.75) is 25.8 Å². The van der Waals surface area contributed by atoms with E-state index in [0.717, 1.165) is 45.0 Å². The number of likely N-dealkylation sites (tertiary alicyclic amines) is 1. The summed E-state index contributed by atoms with van der Waals surface area (Å²) >= 11 is 0. The molecule has 0 N–H and O–H groups in total. The molecule has 4 heterocycles. The zero-order valence-electron chi connectivity index (χ0n) is 14.0. The van der Waals surface area contributed by atoms with Gasteiger partial charge in [0.25, 0.3) is 0 Å². The van der Waals surface area contributed by atoms with Crippen LogP contribution >= 0.6 is 0 Å². The second-order valence-corrected chi connectivity index (χ2v) is 7.14. The van der Waals surface area contributed by atoms with Gasteiger partial charge in [-0.05, 0) is 25.8 Å². The first kappa shape index (κ1) is 15.5. The number of aromatic nitrogens is 4. The number of hydrogen-bond acceptors (Lipinski definition) is 5. The molecule has 2 fully saturated rings. The Labute approximate surface area is 141 Å². The molecular weight excluding hydrogens is 307 g/mol. The van der Waals surface area contributed by atoms with Gasteiger partial charge in [-0.1, -0.05) is 0 Å². The van der Waals surface area contributed by atoms with Crippen LogP contribution in [-0.4, -0.2) is 50.6 Å².